The predicted molar refractivity (Wildman–Crippen MR) is 116 cm³/mol. The van der Waals surface area contributed by atoms with E-state index in [1.165, 1.54) is 11.1 Å². The first kappa shape index (κ1) is 20.8. The lowest BCUT2D eigenvalue weighted by molar-refractivity contribution is -0.137. The zero-order chi connectivity index (χ0) is 22.2. The summed E-state index contributed by atoms with van der Waals surface area (Å²) in [6.07, 6.45) is 4.18. The van der Waals surface area contributed by atoms with Crippen LogP contribution in [-0.2, 0) is 27.4 Å². The van der Waals surface area contributed by atoms with Gasteiger partial charge in [-0.3, -0.25) is 4.79 Å². The highest BCUT2D eigenvalue weighted by Gasteiger charge is 2.33. The van der Waals surface area contributed by atoms with Gasteiger partial charge in [-0.2, -0.15) is 0 Å². The van der Waals surface area contributed by atoms with Gasteiger partial charge in [0.2, 0.25) is 5.91 Å². The van der Waals surface area contributed by atoms with Gasteiger partial charge in [-0.25, -0.2) is 9.48 Å². The molecule has 1 fully saturated rings. The molecule has 1 aromatic carbocycles. The molecule has 2 atom stereocenters. The van der Waals surface area contributed by atoms with Crippen molar-refractivity contribution in [1.82, 2.24) is 30.4 Å². The molecule has 4 heterocycles. The second-order valence-electron chi connectivity index (χ2n) is 8.96. The van der Waals surface area contributed by atoms with Crippen molar-refractivity contribution in [3.05, 3.63) is 40.6 Å². The number of hydrogen-bond donors (Lipinski definition) is 1. The van der Waals surface area contributed by atoms with Crippen LogP contribution in [0.25, 0.3) is 11.4 Å². The number of nitrogens with zero attached hydrogens (tertiary/aromatic N) is 5. The number of aromatic nitrogens is 4. The summed E-state index contributed by atoms with van der Waals surface area (Å²) in [5, 5.41) is 15.5. The van der Waals surface area contributed by atoms with Crippen molar-refractivity contribution in [2.24, 2.45) is 0 Å². The maximum absolute atomic E-state index is 13.1. The van der Waals surface area contributed by atoms with Crippen LogP contribution in [0, 0.1) is 0 Å². The highest BCUT2D eigenvalue weighted by atomic mass is 16.5. The van der Waals surface area contributed by atoms with E-state index in [0.717, 1.165) is 49.3 Å². The van der Waals surface area contributed by atoms with E-state index < -0.39 is 0 Å². The van der Waals surface area contributed by atoms with Crippen LogP contribution in [0.1, 0.15) is 57.1 Å². The van der Waals surface area contributed by atoms with Crippen LogP contribution in [-0.4, -0.2) is 55.7 Å². The first-order chi connectivity index (χ1) is 15.5. The lowest BCUT2D eigenvalue weighted by Crippen LogP contribution is -2.38. The molecule has 1 N–H and O–H groups in total. The number of ether oxygens (including phenoxy) is 1. The fourth-order valence-electron chi connectivity index (χ4n) is 4.97. The first-order valence-corrected chi connectivity index (χ1v) is 11.3. The first-order valence-electron chi connectivity index (χ1n) is 11.3. The van der Waals surface area contributed by atoms with Crippen molar-refractivity contribution in [2.45, 2.75) is 71.1 Å². The van der Waals surface area contributed by atoms with Gasteiger partial charge in [0.15, 0.2) is 5.82 Å². The number of carbonyl (C=O) groups excluding carboxylic acids is 2. The van der Waals surface area contributed by atoms with Gasteiger partial charge in [-0.15, -0.1) is 5.10 Å². The average Bonchev–Trinajstić information content (AvgIpc) is 3.46. The maximum Gasteiger partial charge on any atom is 0.336 e. The Morgan fingerprint density at radius 1 is 1.22 bits per heavy atom. The van der Waals surface area contributed by atoms with Gasteiger partial charge >= 0.3 is 5.97 Å². The molecule has 5 rings (SSSR count). The highest BCUT2D eigenvalue weighted by molar-refractivity contribution is 5.92. The van der Waals surface area contributed by atoms with E-state index in [-0.39, 0.29) is 30.6 Å². The molecule has 3 aliphatic rings. The molecule has 1 aromatic heterocycles. The van der Waals surface area contributed by atoms with E-state index >= 15 is 0 Å². The number of fused-ring (bicyclic) bond motifs is 3. The SMILES string of the molecule is CC1=C(N2C(=O)CC[C@H](NCc3ccc4c(c3)Cn3nnnc3-4)CCC[C@H]2C)COC1=O. The Kier molecular flexibility index (Phi) is 5.50. The van der Waals surface area contributed by atoms with Gasteiger partial charge in [-0.1, -0.05) is 18.2 Å². The van der Waals surface area contributed by atoms with Crippen molar-refractivity contribution in [3.8, 4) is 11.4 Å². The van der Waals surface area contributed by atoms with Gasteiger partial charge in [0.25, 0.3) is 0 Å². The lowest BCUT2D eigenvalue weighted by atomic mass is 10.0. The van der Waals surface area contributed by atoms with Gasteiger partial charge in [-0.05, 0) is 61.1 Å². The predicted octanol–water partition coefficient (Wildman–Crippen LogP) is 2.17. The molecule has 0 radical (unpaired) electrons. The zero-order valence-electron chi connectivity index (χ0n) is 18.5. The van der Waals surface area contributed by atoms with Crippen molar-refractivity contribution < 1.29 is 14.3 Å². The van der Waals surface area contributed by atoms with Crippen LogP contribution in [0.3, 0.4) is 0 Å². The fraction of sp³-hybridized carbons (Fsp3) is 0.522. The molecule has 0 bridgehead atoms. The fourth-order valence-corrected chi connectivity index (χ4v) is 4.97. The molecule has 32 heavy (non-hydrogen) atoms. The Balaban J connectivity index is 1.22. The molecule has 9 heteroatoms. The number of amides is 1. The summed E-state index contributed by atoms with van der Waals surface area (Å²) >= 11 is 0. The van der Waals surface area contributed by atoms with Crippen LogP contribution >= 0.6 is 0 Å². The number of benzene rings is 1. The van der Waals surface area contributed by atoms with Crippen LogP contribution in [0.5, 0.6) is 0 Å². The van der Waals surface area contributed by atoms with Crippen molar-refractivity contribution >= 4 is 11.9 Å². The number of esters is 1. The van der Waals surface area contributed by atoms with Crippen LogP contribution in [0.4, 0.5) is 0 Å². The highest BCUT2D eigenvalue weighted by Crippen LogP contribution is 2.30. The monoisotopic (exact) mass is 436 g/mol. The van der Waals surface area contributed by atoms with Gasteiger partial charge in [0.1, 0.15) is 6.61 Å². The van der Waals surface area contributed by atoms with Crippen molar-refractivity contribution in [3.63, 3.8) is 0 Å². The third kappa shape index (κ3) is 3.81. The second kappa shape index (κ2) is 8.46. The van der Waals surface area contributed by atoms with Crippen molar-refractivity contribution in [1.29, 1.82) is 0 Å². The minimum absolute atomic E-state index is 0.0620. The third-order valence-electron chi connectivity index (χ3n) is 6.82. The zero-order valence-corrected chi connectivity index (χ0v) is 18.5. The summed E-state index contributed by atoms with van der Waals surface area (Å²) < 4.78 is 6.97. The average molecular weight is 437 g/mol. The summed E-state index contributed by atoms with van der Waals surface area (Å²) in [4.78, 5) is 26.7. The molecule has 2 aromatic rings. The molecular weight excluding hydrogens is 408 g/mol. The minimum Gasteiger partial charge on any atom is -0.456 e. The van der Waals surface area contributed by atoms with E-state index in [2.05, 4.69) is 46.0 Å². The van der Waals surface area contributed by atoms with E-state index in [1.54, 1.807) is 6.92 Å². The quantitative estimate of drug-likeness (QED) is 0.625. The molecule has 9 nitrogen and oxygen atoms in total. The Hall–Kier alpha value is -3.07. The molecule has 1 amide bonds. The van der Waals surface area contributed by atoms with E-state index in [4.69, 9.17) is 4.74 Å². The van der Waals surface area contributed by atoms with E-state index in [9.17, 15) is 9.59 Å². The molecule has 0 unspecified atom stereocenters. The van der Waals surface area contributed by atoms with Gasteiger partial charge in [0, 0.05) is 30.6 Å². The number of rotatable bonds is 4. The molecule has 1 saturated heterocycles. The Morgan fingerprint density at radius 2 is 2.09 bits per heavy atom. The number of carbonyl (C=O) groups is 2. The number of nitrogens with one attached hydrogen (secondary N) is 1. The molecule has 0 saturated carbocycles. The van der Waals surface area contributed by atoms with Gasteiger partial charge in [0.05, 0.1) is 17.8 Å². The van der Waals surface area contributed by atoms with E-state index in [0.29, 0.717) is 18.5 Å². The largest absolute Gasteiger partial charge is 0.456 e. The minimum atomic E-state index is -0.315. The standard InChI is InChI=1S/C23H28N6O3/c1-14-4-3-5-18(7-9-21(30)29(14)20-13-32-23(31)15(20)2)24-11-16-6-8-19-17(10-16)12-28-22(19)25-26-27-28/h6,8,10,14,18,24H,3-5,7,9,11-13H2,1-2H3/t14-,18-/m1/s1. The molecule has 3 aliphatic heterocycles. The summed E-state index contributed by atoms with van der Waals surface area (Å²) in [5.41, 5.74) is 4.82. The summed E-state index contributed by atoms with van der Waals surface area (Å²) in [6, 6.07) is 6.75. The molecule has 168 valence electrons. The molecule has 0 spiro atoms. The topological polar surface area (TPSA) is 102 Å². The Morgan fingerprint density at radius 3 is 2.91 bits per heavy atom. The lowest BCUT2D eigenvalue weighted by Gasteiger charge is -2.29. The summed E-state index contributed by atoms with van der Waals surface area (Å²) in [5.74, 6) is 0.587. The van der Waals surface area contributed by atoms with Crippen LogP contribution < -0.4 is 5.32 Å². The van der Waals surface area contributed by atoms with Gasteiger partial charge < -0.3 is 15.0 Å². The Labute approximate surface area is 186 Å². The maximum atomic E-state index is 13.1. The number of hydrogen-bond acceptors (Lipinski definition) is 7. The van der Waals surface area contributed by atoms with Crippen molar-refractivity contribution in [2.75, 3.05) is 6.61 Å². The summed E-state index contributed by atoms with van der Waals surface area (Å²) in [7, 11) is 0. The summed E-state index contributed by atoms with van der Waals surface area (Å²) in [6.45, 7) is 5.48. The third-order valence-corrected chi connectivity index (χ3v) is 6.82. The van der Waals surface area contributed by atoms with E-state index in [1.807, 2.05) is 9.58 Å². The number of tetrazole rings is 1. The molecule has 0 aliphatic carbocycles. The van der Waals surface area contributed by atoms with Crippen LogP contribution in [0.15, 0.2) is 29.5 Å². The number of cyclic esters (lactones) is 1. The van der Waals surface area contributed by atoms with Crippen LogP contribution in [0.2, 0.25) is 0 Å². The Bertz CT molecular complexity index is 1090. The smallest absolute Gasteiger partial charge is 0.336 e. The normalized spacial score (nSPS) is 23.5. The molecular formula is C23H28N6O3. The second-order valence-corrected chi connectivity index (χ2v) is 8.96.